The van der Waals surface area contributed by atoms with E-state index in [4.69, 9.17) is 0 Å². The Kier molecular flexibility index (Phi) is 5.18. The summed E-state index contributed by atoms with van der Waals surface area (Å²) in [6.07, 6.45) is 1.56. The molecule has 3 aromatic rings. The number of aromatic amines is 1. The van der Waals surface area contributed by atoms with Crippen molar-refractivity contribution < 1.29 is 14.0 Å². The molecular formula is C23H21FN4O2. The fourth-order valence-corrected chi connectivity index (χ4v) is 3.51. The number of amides is 2. The van der Waals surface area contributed by atoms with Crippen LogP contribution < -0.4 is 10.6 Å². The molecule has 0 bridgehead atoms. The number of nitrogens with one attached hydrogen (secondary N) is 3. The number of hydrogen-bond acceptors (Lipinski definition) is 3. The standard InChI is InChI=1S/C23H21FN4O2/c1-13-3-4-16(21-9-14(2)27-28-21)10-20(13)26-23(30)19-12-25-22(29)11-18(19)15-5-7-17(24)8-6-15/h3-10,12,18H,11H2,1-2H3,(H,25,29)(H,26,30)(H,27,28)/t18-/m0/s1. The van der Waals surface area contributed by atoms with Gasteiger partial charge in [-0.05, 0) is 49.2 Å². The number of rotatable bonds is 4. The van der Waals surface area contributed by atoms with Gasteiger partial charge in [-0.2, -0.15) is 5.10 Å². The van der Waals surface area contributed by atoms with Crippen LogP contribution in [0.15, 0.2) is 60.3 Å². The van der Waals surface area contributed by atoms with E-state index in [9.17, 15) is 14.0 Å². The lowest BCUT2D eigenvalue weighted by molar-refractivity contribution is -0.121. The average Bonchev–Trinajstić information content (AvgIpc) is 3.16. The van der Waals surface area contributed by atoms with Crippen LogP contribution in [0.25, 0.3) is 11.3 Å². The summed E-state index contributed by atoms with van der Waals surface area (Å²) in [6.45, 7) is 3.83. The van der Waals surface area contributed by atoms with Gasteiger partial charge in [0.05, 0.1) is 5.69 Å². The number of aryl methyl sites for hydroxylation is 2. The molecule has 0 fully saturated rings. The number of halogens is 1. The van der Waals surface area contributed by atoms with Gasteiger partial charge in [-0.25, -0.2) is 4.39 Å². The summed E-state index contributed by atoms with van der Waals surface area (Å²) in [7, 11) is 0. The summed E-state index contributed by atoms with van der Waals surface area (Å²) < 4.78 is 13.3. The number of anilines is 1. The van der Waals surface area contributed by atoms with Crippen molar-refractivity contribution in [3.63, 3.8) is 0 Å². The molecule has 0 saturated heterocycles. The smallest absolute Gasteiger partial charge is 0.253 e. The maximum Gasteiger partial charge on any atom is 0.253 e. The van der Waals surface area contributed by atoms with Gasteiger partial charge in [-0.15, -0.1) is 0 Å². The fourth-order valence-electron chi connectivity index (χ4n) is 3.51. The van der Waals surface area contributed by atoms with Crippen LogP contribution in [0.2, 0.25) is 0 Å². The van der Waals surface area contributed by atoms with Crippen molar-refractivity contribution in [1.29, 1.82) is 0 Å². The first-order valence-corrected chi connectivity index (χ1v) is 9.60. The van der Waals surface area contributed by atoms with Gasteiger partial charge < -0.3 is 10.6 Å². The molecule has 0 aliphatic carbocycles. The molecule has 30 heavy (non-hydrogen) atoms. The topological polar surface area (TPSA) is 86.9 Å². The van der Waals surface area contributed by atoms with E-state index < -0.39 is 5.92 Å². The maximum atomic E-state index is 13.3. The lowest BCUT2D eigenvalue weighted by Crippen LogP contribution is -2.32. The van der Waals surface area contributed by atoms with Crippen molar-refractivity contribution in [2.75, 3.05) is 5.32 Å². The number of nitrogens with zero attached hydrogens (tertiary/aromatic N) is 1. The van der Waals surface area contributed by atoms with E-state index in [1.807, 2.05) is 38.1 Å². The number of carbonyl (C=O) groups is 2. The molecule has 0 saturated carbocycles. The molecule has 3 N–H and O–H groups in total. The summed E-state index contributed by atoms with van der Waals surface area (Å²) >= 11 is 0. The van der Waals surface area contributed by atoms with Crippen molar-refractivity contribution >= 4 is 17.5 Å². The van der Waals surface area contributed by atoms with Crippen molar-refractivity contribution in [1.82, 2.24) is 15.5 Å². The Hall–Kier alpha value is -3.74. The zero-order chi connectivity index (χ0) is 21.3. The number of benzene rings is 2. The molecule has 0 spiro atoms. The van der Waals surface area contributed by atoms with Gasteiger partial charge >= 0.3 is 0 Å². The Morgan fingerprint density at radius 2 is 1.90 bits per heavy atom. The molecule has 1 aliphatic rings. The van der Waals surface area contributed by atoms with E-state index >= 15 is 0 Å². The zero-order valence-corrected chi connectivity index (χ0v) is 16.6. The van der Waals surface area contributed by atoms with Crippen LogP contribution >= 0.6 is 0 Å². The van der Waals surface area contributed by atoms with Crippen LogP contribution in [-0.2, 0) is 9.59 Å². The number of H-pyrrole nitrogens is 1. The van der Waals surface area contributed by atoms with Gasteiger partial charge in [0.15, 0.2) is 0 Å². The van der Waals surface area contributed by atoms with Gasteiger partial charge in [0.25, 0.3) is 5.91 Å². The molecule has 152 valence electrons. The third-order valence-electron chi connectivity index (χ3n) is 5.18. The second-order valence-corrected chi connectivity index (χ2v) is 7.40. The number of aromatic nitrogens is 2. The average molecular weight is 404 g/mol. The lowest BCUT2D eigenvalue weighted by atomic mass is 9.86. The normalized spacial score (nSPS) is 16.0. The van der Waals surface area contributed by atoms with E-state index in [1.54, 1.807) is 12.1 Å². The minimum absolute atomic E-state index is 0.121. The predicted molar refractivity (Wildman–Crippen MR) is 112 cm³/mol. The molecule has 7 heteroatoms. The van der Waals surface area contributed by atoms with Crippen LogP contribution in [0.5, 0.6) is 0 Å². The van der Waals surface area contributed by atoms with E-state index in [1.165, 1.54) is 18.3 Å². The molecule has 0 unspecified atom stereocenters. The minimum atomic E-state index is -0.447. The second-order valence-electron chi connectivity index (χ2n) is 7.40. The predicted octanol–water partition coefficient (Wildman–Crippen LogP) is 3.96. The van der Waals surface area contributed by atoms with Crippen LogP contribution in [0, 0.1) is 19.7 Å². The molecular weight excluding hydrogens is 383 g/mol. The zero-order valence-electron chi connectivity index (χ0n) is 16.6. The van der Waals surface area contributed by atoms with Crippen LogP contribution in [0.4, 0.5) is 10.1 Å². The Morgan fingerprint density at radius 1 is 1.13 bits per heavy atom. The Labute approximate surface area is 173 Å². The third kappa shape index (κ3) is 4.00. The van der Waals surface area contributed by atoms with Gasteiger partial charge in [0.2, 0.25) is 5.91 Å². The first-order chi connectivity index (χ1) is 14.4. The molecule has 2 heterocycles. The number of hydrogen-bond donors (Lipinski definition) is 3. The molecule has 2 aromatic carbocycles. The largest absolute Gasteiger partial charge is 0.332 e. The summed E-state index contributed by atoms with van der Waals surface area (Å²) in [5.74, 6) is -1.32. The van der Waals surface area contributed by atoms with E-state index in [-0.39, 0.29) is 24.1 Å². The summed E-state index contributed by atoms with van der Waals surface area (Å²) in [4.78, 5) is 25.0. The van der Waals surface area contributed by atoms with E-state index in [2.05, 4.69) is 20.8 Å². The summed E-state index contributed by atoms with van der Waals surface area (Å²) in [6, 6.07) is 13.5. The van der Waals surface area contributed by atoms with Gasteiger partial charge in [-0.1, -0.05) is 24.3 Å². The highest BCUT2D eigenvalue weighted by Gasteiger charge is 2.29. The number of carbonyl (C=O) groups excluding carboxylic acids is 2. The van der Waals surface area contributed by atoms with Crippen LogP contribution in [0.1, 0.15) is 29.2 Å². The Bertz CT molecular complexity index is 1150. The Balaban J connectivity index is 1.62. The Morgan fingerprint density at radius 3 is 2.60 bits per heavy atom. The van der Waals surface area contributed by atoms with Crippen molar-refractivity contribution in [3.8, 4) is 11.3 Å². The summed E-state index contributed by atoms with van der Waals surface area (Å²) in [5, 5.41) is 12.7. The van der Waals surface area contributed by atoms with Gasteiger partial charge in [-0.3, -0.25) is 14.7 Å². The first-order valence-electron chi connectivity index (χ1n) is 9.60. The molecule has 1 atom stereocenters. The highest BCUT2D eigenvalue weighted by Crippen LogP contribution is 2.32. The third-order valence-corrected chi connectivity index (χ3v) is 5.18. The van der Waals surface area contributed by atoms with Crippen LogP contribution in [0.3, 0.4) is 0 Å². The monoisotopic (exact) mass is 404 g/mol. The van der Waals surface area contributed by atoms with Crippen LogP contribution in [-0.4, -0.2) is 22.0 Å². The van der Waals surface area contributed by atoms with Crippen molar-refractivity contribution in [2.45, 2.75) is 26.2 Å². The van der Waals surface area contributed by atoms with Gasteiger partial charge in [0, 0.05) is 41.1 Å². The lowest BCUT2D eigenvalue weighted by Gasteiger charge is -2.24. The van der Waals surface area contributed by atoms with Gasteiger partial charge in [0.1, 0.15) is 5.82 Å². The SMILES string of the molecule is Cc1cc(-c2ccc(C)c(NC(=O)C3=CNC(=O)C[C@H]3c3ccc(F)cc3)c2)n[nH]1. The molecule has 4 rings (SSSR count). The molecule has 6 nitrogen and oxygen atoms in total. The molecule has 0 radical (unpaired) electrons. The maximum absolute atomic E-state index is 13.3. The quantitative estimate of drug-likeness (QED) is 0.615. The highest BCUT2D eigenvalue weighted by atomic mass is 19.1. The highest BCUT2D eigenvalue weighted by molar-refractivity contribution is 6.07. The first kappa shape index (κ1) is 19.6. The molecule has 1 aromatic heterocycles. The second kappa shape index (κ2) is 7.94. The summed E-state index contributed by atoms with van der Waals surface area (Å²) in [5.41, 5.74) is 5.30. The molecule has 2 amide bonds. The molecule has 1 aliphatic heterocycles. The van der Waals surface area contributed by atoms with Crippen molar-refractivity contribution in [3.05, 3.63) is 82.9 Å². The van der Waals surface area contributed by atoms with E-state index in [0.717, 1.165) is 22.5 Å². The van der Waals surface area contributed by atoms with E-state index in [0.29, 0.717) is 16.8 Å². The minimum Gasteiger partial charge on any atom is -0.332 e. The van der Waals surface area contributed by atoms with Crippen molar-refractivity contribution in [2.24, 2.45) is 0 Å². The fraction of sp³-hybridized carbons (Fsp3) is 0.174.